The molecule has 4 nitrogen and oxygen atoms in total. The van der Waals surface area contributed by atoms with Gasteiger partial charge in [-0.3, -0.25) is 14.5 Å². The molecule has 1 aliphatic carbocycles. The van der Waals surface area contributed by atoms with Gasteiger partial charge in [-0.05, 0) is 11.8 Å². The van der Waals surface area contributed by atoms with Gasteiger partial charge < -0.3 is 5.32 Å². The number of hydrogen-bond acceptors (Lipinski definition) is 3. The molecule has 4 heteroatoms. The maximum atomic E-state index is 12.0. The maximum absolute atomic E-state index is 12.0. The minimum absolute atomic E-state index is 0.0319. The van der Waals surface area contributed by atoms with E-state index in [0.717, 1.165) is 13.1 Å². The van der Waals surface area contributed by atoms with Crippen molar-refractivity contribution in [1.82, 2.24) is 10.2 Å². The van der Waals surface area contributed by atoms with Gasteiger partial charge in [0.05, 0.1) is 5.41 Å². The fraction of sp³-hybridized carbons (Fsp3) is 0.818. The molecule has 2 atom stereocenters. The number of carbonyl (C=O) groups is 2. The van der Waals surface area contributed by atoms with E-state index in [4.69, 9.17) is 0 Å². The van der Waals surface area contributed by atoms with Crippen LogP contribution < -0.4 is 5.32 Å². The summed E-state index contributed by atoms with van der Waals surface area (Å²) >= 11 is 0. The van der Waals surface area contributed by atoms with E-state index in [1.807, 2.05) is 13.8 Å². The summed E-state index contributed by atoms with van der Waals surface area (Å²) in [6.07, 6.45) is 0.384. The van der Waals surface area contributed by atoms with Gasteiger partial charge in [0, 0.05) is 25.6 Å². The lowest BCUT2D eigenvalue weighted by Gasteiger charge is -2.19. The lowest BCUT2D eigenvalue weighted by Crippen LogP contribution is -2.39. The SMILES string of the molecule is CC1(C)CC(=O)N(C2C3CNCC32)C1=O. The van der Waals surface area contributed by atoms with E-state index in [1.54, 1.807) is 4.90 Å². The highest BCUT2D eigenvalue weighted by molar-refractivity contribution is 6.06. The Balaban J connectivity index is 1.83. The van der Waals surface area contributed by atoms with Crippen molar-refractivity contribution >= 4 is 11.8 Å². The molecule has 0 aromatic heterocycles. The van der Waals surface area contributed by atoms with Crippen LogP contribution in [0.25, 0.3) is 0 Å². The number of likely N-dealkylation sites (tertiary alicyclic amines) is 1. The Kier molecular flexibility index (Phi) is 1.63. The molecule has 0 bridgehead atoms. The molecule has 2 unspecified atom stereocenters. The Morgan fingerprint density at radius 3 is 2.33 bits per heavy atom. The van der Waals surface area contributed by atoms with Crippen LogP contribution >= 0.6 is 0 Å². The summed E-state index contributed by atoms with van der Waals surface area (Å²) in [4.78, 5) is 25.4. The minimum atomic E-state index is -0.471. The van der Waals surface area contributed by atoms with Gasteiger partial charge in [-0.1, -0.05) is 13.8 Å². The summed E-state index contributed by atoms with van der Waals surface area (Å²) in [5.74, 6) is 1.13. The quantitative estimate of drug-likeness (QED) is 0.617. The van der Waals surface area contributed by atoms with Gasteiger partial charge in [0.25, 0.3) is 0 Å². The van der Waals surface area contributed by atoms with Crippen molar-refractivity contribution in [1.29, 1.82) is 0 Å². The van der Waals surface area contributed by atoms with Crippen LogP contribution in [0, 0.1) is 17.3 Å². The molecule has 2 aliphatic heterocycles. The molecular weight excluding hydrogens is 192 g/mol. The normalized spacial score (nSPS) is 42.3. The molecule has 2 amide bonds. The second-order valence-corrected chi connectivity index (χ2v) is 5.61. The summed E-state index contributed by atoms with van der Waals surface area (Å²) in [7, 11) is 0. The molecule has 3 rings (SSSR count). The molecule has 3 aliphatic rings. The molecule has 0 aromatic carbocycles. The number of imide groups is 1. The van der Waals surface area contributed by atoms with Crippen LogP contribution in [0.2, 0.25) is 0 Å². The highest BCUT2D eigenvalue weighted by atomic mass is 16.2. The van der Waals surface area contributed by atoms with Crippen LogP contribution in [-0.4, -0.2) is 35.8 Å². The van der Waals surface area contributed by atoms with Gasteiger partial charge in [0.15, 0.2) is 0 Å². The predicted molar refractivity (Wildman–Crippen MR) is 53.9 cm³/mol. The third-order valence-electron chi connectivity index (χ3n) is 4.00. The second kappa shape index (κ2) is 2.61. The first-order valence-corrected chi connectivity index (χ1v) is 5.59. The summed E-state index contributed by atoms with van der Waals surface area (Å²) in [6, 6.07) is 0.216. The van der Waals surface area contributed by atoms with Gasteiger partial charge in [-0.25, -0.2) is 0 Å². The van der Waals surface area contributed by atoms with E-state index in [0.29, 0.717) is 18.3 Å². The van der Waals surface area contributed by atoms with E-state index in [2.05, 4.69) is 5.32 Å². The number of fused-ring (bicyclic) bond motifs is 1. The minimum Gasteiger partial charge on any atom is -0.316 e. The van der Waals surface area contributed by atoms with Crippen LogP contribution in [0.3, 0.4) is 0 Å². The monoisotopic (exact) mass is 208 g/mol. The number of nitrogens with zero attached hydrogens (tertiary/aromatic N) is 1. The molecule has 2 heterocycles. The lowest BCUT2D eigenvalue weighted by molar-refractivity contribution is -0.142. The number of nitrogens with one attached hydrogen (secondary N) is 1. The number of rotatable bonds is 1. The topological polar surface area (TPSA) is 49.4 Å². The lowest BCUT2D eigenvalue weighted by atomic mass is 9.92. The molecule has 3 fully saturated rings. The van der Waals surface area contributed by atoms with Crippen molar-refractivity contribution in [3.63, 3.8) is 0 Å². The Hall–Kier alpha value is -0.900. The number of carbonyl (C=O) groups excluding carboxylic acids is 2. The fourth-order valence-electron chi connectivity index (χ4n) is 3.05. The highest BCUT2D eigenvalue weighted by Gasteiger charge is 2.62. The molecule has 0 aromatic rings. The van der Waals surface area contributed by atoms with E-state index in [1.165, 1.54) is 0 Å². The Morgan fingerprint density at radius 2 is 1.87 bits per heavy atom. The molecule has 15 heavy (non-hydrogen) atoms. The molecule has 0 radical (unpaired) electrons. The average molecular weight is 208 g/mol. The fourth-order valence-corrected chi connectivity index (χ4v) is 3.05. The van der Waals surface area contributed by atoms with Crippen molar-refractivity contribution in [3.05, 3.63) is 0 Å². The largest absolute Gasteiger partial charge is 0.316 e. The zero-order valence-corrected chi connectivity index (χ0v) is 9.12. The van der Waals surface area contributed by atoms with Crippen LogP contribution in [0.5, 0.6) is 0 Å². The Morgan fingerprint density at radius 1 is 1.27 bits per heavy atom. The van der Waals surface area contributed by atoms with E-state index >= 15 is 0 Å². The van der Waals surface area contributed by atoms with Crippen LogP contribution in [0.1, 0.15) is 20.3 Å². The number of hydrogen-bond donors (Lipinski definition) is 1. The van der Waals surface area contributed by atoms with Crippen molar-refractivity contribution in [2.75, 3.05) is 13.1 Å². The average Bonchev–Trinajstić information content (AvgIpc) is 2.55. The maximum Gasteiger partial charge on any atom is 0.235 e. The van der Waals surface area contributed by atoms with Crippen LogP contribution in [0.15, 0.2) is 0 Å². The number of piperidine rings is 1. The van der Waals surface area contributed by atoms with Crippen molar-refractivity contribution < 1.29 is 9.59 Å². The smallest absolute Gasteiger partial charge is 0.235 e. The second-order valence-electron chi connectivity index (χ2n) is 5.61. The molecule has 1 N–H and O–H groups in total. The van der Waals surface area contributed by atoms with Crippen molar-refractivity contribution in [2.45, 2.75) is 26.3 Å². The van der Waals surface area contributed by atoms with E-state index < -0.39 is 5.41 Å². The molecule has 82 valence electrons. The molecule has 2 saturated heterocycles. The molecular formula is C11H16N2O2. The van der Waals surface area contributed by atoms with Crippen molar-refractivity contribution in [2.24, 2.45) is 17.3 Å². The van der Waals surface area contributed by atoms with E-state index in [-0.39, 0.29) is 17.9 Å². The zero-order valence-electron chi connectivity index (χ0n) is 9.12. The summed E-state index contributed by atoms with van der Waals surface area (Å²) < 4.78 is 0. The van der Waals surface area contributed by atoms with Gasteiger partial charge in [-0.15, -0.1) is 0 Å². The first kappa shape index (κ1) is 9.33. The van der Waals surface area contributed by atoms with Gasteiger partial charge in [-0.2, -0.15) is 0 Å². The van der Waals surface area contributed by atoms with Crippen LogP contribution in [0.4, 0.5) is 0 Å². The summed E-state index contributed by atoms with van der Waals surface area (Å²) in [5.41, 5.74) is -0.471. The summed E-state index contributed by atoms with van der Waals surface area (Å²) in [6.45, 7) is 5.66. The molecule has 0 spiro atoms. The standard InChI is InChI=1S/C11H16N2O2/c1-11(2)3-8(14)13(10(11)15)9-6-4-12-5-7(6)9/h6-7,9,12H,3-5H2,1-2H3. The van der Waals surface area contributed by atoms with Gasteiger partial charge in [0.2, 0.25) is 11.8 Å². The predicted octanol–water partition coefficient (Wildman–Crippen LogP) is -0.0107. The Labute approximate surface area is 89.0 Å². The van der Waals surface area contributed by atoms with Gasteiger partial charge in [0.1, 0.15) is 0 Å². The van der Waals surface area contributed by atoms with Crippen molar-refractivity contribution in [3.8, 4) is 0 Å². The van der Waals surface area contributed by atoms with E-state index in [9.17, 15) is 9.59 Å². The van der Waals surface area contributed by atoms with Crippen LogP contribution in [-0.2, 0) is 9.59 Å². The zero-order chi connectivity index (χ0) is 10.8. The first-order chi connectivity index (χ1) is 7.02. The molecule has 1 saturated carbocycles. The highest BCUT2D eigenvalue weighted by Crippen LogP contribution is 2.49. The third kappa shape index (κ3) is 1.11. The first-order valence-electron chi connectivity index (χ1n) is 5.59. The third-order valence-corrected chi connectivity index (χ3v) is 4.00. The number of amides is 2. The van der Waals surface area contributed by atoms with Gasteiger partial charge >= 0.3 is 0 Å². The Bertz CT molecular complexity index is 340. The summed E-state index contributed by atoms with van der Waals surface area (Å²) in [5, 5.41) is 3.28.